The molecule has 2 aromatic heterocycles. The van der Waals surface area contributed by atoms with E-state index < -0.39 is 0 Å². The van der Waals surface area contributed by atoms with E-state index in [1.165, 1.54) is 6.08 Å². The van der Waals surface area contributed by atoms with Gasteiger partial charge in [-0.3, -0.25) is 4.79 Å². The summed E-state index contributed by atoms with van der Waals surface area (Å²) in [4.78, 5) is 21.7. The Morgan fingerprint density at radius 3 is 2.47 bits per heavy atom. The molecule has 0 unspecified atom stereocenters. The highest BCUT2D eigenvalue weighted by molar-refractivity contribution is 7.99. The molecule has 0 aliphatic carbocycles. The van der Waals surface area contributed by atoms with Gasteiger partial charge in [0, 0.05) is 26.3 Å². The Kier molecular flexibility index (Phi) is 10.2. The monoisotopic (exact) mass is 516 g/mol. The molecule has 11 nitrogen and oxygen atoms in total. The fourth-order valence-electron chi connectivity index (χ4n) is 3.41. The van der Waals surface area contributed by atoms with Crippen molar-refractivity contribution in [2.75, 3.05) is 59.2 Å². The molecule has 0 bridgehead atoms. The highest BCUT2D eigenvalue weighted by Gasteiger charge is 2.14. The lowest BCUT2D eigenvalue weighted by molar-refractivity contribution is -0.116. The molecule has 194 valence electrons. The Hall–Kier alpha value is -3.51. The van der Waals surface area contributed by atoms with Crippen LogP contribution in [-0.4, -0.2) is 79.5 Å². The van der Waals surface area contributed by atoms with Crippen LogP contribution in [0.3, 0.4) is 0 Å². The summed E-state index contributed by atoms with van der Waals surface area (Å²) in [6, 6.07) is 3.54. The molecule has 3 aromatic rings. The summed E-state index contributed by atoms with van der Waals surface area (Å²) in [5.41, 5.74) is 1.45. The fraction of sp³-hybridized carbons (Fsp3) is 0.417. The standard InChI is InChI=1S/C24H32N6O5S/c1-6-36-24-28-22(26-10-12-32-2)17-15-27-30(23(17)29-24)11-9-25-20(31)8-7-16-13-18(33-3)21(35-5)19(14-16)34-4/h7-8,13-15H,6,9-12H2,1-5H3,(H,25,31)(H,26,28,29)/b8-7-. The second-order valence-corrected chi connectivity index (χ2v) is 8.63. The van der Waals surface area contributed by atoms with Crippen molar-refractivity contribution in [2.24, 2.45) is 0 Å². The Morgan fingerprint density at radius 1 is 1.08 bits per heavy atom. The first kappa shape index (κ1) is 27.1. The number of benzene rings is 1. The van der Waals surface area contributed by atoms with Gasteiger partial charge in [0.2, 0.25) is 11.7 Å². The summed E-state index contributed by atoms with van der Waals surface area (Å²) in [7, 11) is 6.29. The molecule has 0 aliphatic rings. The summed E-state index contributed by atoms with van der Waals surface area (Å²) >= 11 is 1.56. The number of anilines is 1. The van der Waals surface area contributed by atoms with Gasteiger partial charge in [0.05, 0.1) is 46.1 Å². The second kappa shape index (κ2) is 13.5. The first-order valence-electron chi connectivity index (χ1n) is 11.4. The lowest BCUT2D eigenvalue weighted by Crippen LogP contribution is -2.25. The van der Waals surface area contributed by atoms with Gasteiger partial charge in [-0.15, -0.1) is 0 Å². The Labute approximate surface area is 214 Å². The van der Waals surface area contributed by atoms with Crippen LogP contribution < -0.4 is 24.8 Å². The van der Waals surface area contributed by atoms with Crippen molar-refractivity contribution in [1.29, 1.82) is 0 Å². The van der Waals surface area contributed by atoms with Gasteiger partial charge in [0.1, 0.15) is 5.82 Å². The van der Waals surface area contributed by atoms with Crippen LogP contribution in [0.1, 0.15) is 12.5 Å². The van der Waals surface area contributed by atoms with Crippen molar-refractivity contribution in [3.63, 3.8) is 0 Å². The third-order valence-corrected chi connectivity index (χ3v) is 5.81. The maximum absolute atomic E-state index is 12.4. The number of nitrogens with zero attached hydrogens (tertiary/aromatic N) is 4. The zero-order chi connectivity index (χ0) is 25.9. The number of amides is 1. The van der Waals surface area contributed by atoms with Crippen LogP contribution in [0.5, 0.6) is 17.2 Å². The zero-order valence-corrected chi connectivity index (χ0v) is 22.0. The minimum Gasteiger partial charge on any atom is -0.493 e. The molecular formula is C24H32N6O5S. The molecule has 0 saturated carbocycles. The van der Waals surface area contributed by atoms with E-state index in [-0.39, 0.29) is 5.91 Å². The number of carbonyl (C=O) groups excluding carboxylic acids is 1. The molecule has 1 amide bonds. The van der Waals surface area contributed by atoms with Crippen molar-refractivity contribution in [3.05, 3.63) is 30.0 Å². The summed E-state index contributed by atoms with van der Waals surface area (Å²) in [6.45, 7) is 4.07. The predicted molar refractivity (Wildman–Crippen MR) is 140 cm³/mol. The van der Waals surface area contributed by atoms with E-state index in [0.717, 1.165) is 22.5 Å². The molecule has 2 heterocycles. The Bertz CT molecular complexity index is 1170. The topological polar surface area (TPSA) is 122 Å². The number of rotatable bonds is 14. The SMILES string of the molecule is CCSc1nc(NCCOC)c2cnn(CCNC(=O)/C=C\c3cc(OC)c(OC)c(OC)c3)c2n1. The van der Waals surface area contributed by atoms with Gasteiger partial charge in [-0.05, 0) is 29.5 Å². The summed E-state index contributed by atoms with van der Waals surface area (Å²) in [6.07, 6.45) is 4.87. The minimum absolute atomic E-state index is 0.237. The maximum atomic E-state index is 12.4. The van der Waals surface area contributed by atoms with Crippen LogP contribution >= 0.6 is 11.8 Å². The van der Waals surface area contributed by atoms with Gasteiger partial charge in [0.15, 0.2) is 22.3 Å². The summed E-state index contributed by atoms with van der Waals surface area (Å²) in [5, 5.41) is 12.1. The first-order valence-corrected chi connectivity index (χ1v) is 12.4. The molecule has 2 N–H and O–H groups in total. The molecule has 0 fully saturated rings. The number of fused-ring (bicyclic) bond motifs is 1. The first-order chi connectivity index (χ1) is 17.5. The quantitative estimate of drug-likeness (QED) is 0.143. The molecule has 3 rings (SSSR count). The Morgan fingerprint density at radius 2 is 1.83 bits per heavy atom. The number of hydrogen-bond donors (Lipinski definition) is 2. The molecule has 0 atom stereocenters. The zero-order valence-electron chi connectivity index (χ0n) is 21.2. The van der Waals surface area contributed by atoms with Gasteiger partial charge in [-0.25, -0.2) is 14.6 Å². The lowest BCUT2D eigenvalue weighted by Gasteiger charge is -2.12. The number of aromatic nitrogens is 4. The van der Waals surface area contributed by atoms with E-state index in [1.807, 2.05) is 0 Å². The molecule has 0 saturated heterocycles. The number of nitrogens with one attached hydrogen (secondary N) is 2. The third-order valence-electron chi connectivity index (χ3n) is 5.08. The van der Waals surface area contributed by atoms with Gasteiger partial charge >= 0.3 is 0 Å². The molecule has 0 radical (unpaired) electrons. The van der Waals surface area contributed by atoms with Gasteiger partial charge in [-0.2, -0.15) is 5.10 Å². The van der Waals surface area contributed by atoms with Crippen LogP contribution in [0.25, 0.3) is 17.1 Å². The Balaban J connectivity index is 1.66. The molecule has 0 aliphatic heterocycles. The van der Waals surface area contributed by atoms with Gasteiger partial charge < -0.3 is 29.6 Å². The summed E-state index contributed by atoms with van der Waals surface area (Å²) in [5.74, 6) is 2.86. The highest BCUT2D eigenvalue weighted by atomic mass is 32.2. The van der Waals surface area contributed by atoms with Crippen molar-refractivity contribution >= 4 is 40.6 Å². The van der Waals surface area contributed by atoms with Crippen LogP contribution in [-0.2, 0) is 16.1 Å². The van der Waals surface area contributed by atoms with E-state index in [4.69, 9.17) is 18.9 Å². The highest BCUT2D eigenvalue weighted by Crippen LogP contribution is 2.38. The smallest absolute Gasteiger partial charge is 0.244 e. The number of thioether (sulfide) groups is 1. The maximum Gasteiger partial charge on any atom is 0.244 e. The second-order valence-electron chi connectivity index (χ2n) is 7.40. The fourth-order valence-corrected chi connectivity index (χ4v) is 3.98. The molecule has 36 heavy (non-hydrogen) atoms. The van der Waals surface area contributed by atoms with Crippen molar-refractivity contribution < 1.29 is 23.7 Å². The van der Waals surface area contributed by atoms with Gasteiger partial charge in [0.25, 0.3) is 0 Å². The van der Waals surface area contributed by atoms with E-state index in [9.17, 15) is 4.79 Å². The minimum atomic E-state index is -0.237. The largest absolute Gasteiger partial charge is 0.493 e. The summed E-state index contributed by atoms with van der Waals surface area (Å²) < 4.78 is 22.9. The van der Waals surface area contributed by atoms with Crippen LogP contribution in [0, 0.1) is 0 Å². The normalized spacial score (nSPS) is 11.1. The van der Waals surface area contributed by atoms with Gasteiger partial charge in [-0.1, -0.05) is 18.7 Å². The molecular weight excluding hydrogens is 484 g/mol. The third kappa shape index (κ3) is 6.79. The predicted octanol–water partition coefficient (Wildman–Crippen LogP) is 2.85. The number of methoxy groups -OCH3 is 4. The van der Waals surface area contributed by atoms with Crippen molar-refractivity contribution in [1.82, 2.24) is 25.1 Å². The van der Waals surface area contributed by atoms with E-state index >= 15 is 0 Å². The van der Waals surface area contributed by atoms with Crippen LogP contribution in [0.15, 0.2) is 29.6 Å². The molecule has 0 spiro atoms. The number of carbonyl (C=O) groups is 1. The number of hydrogen-bond acceptors (Lipinski definition) is 10. The molecule has 1 aromatic carbocycles. The van der Waals surface area contributed by atoms with Crippen molar-refractivity contribution in [3.8, 4) is 17.2 Å². The van der Waals surface area contributed by atoms with E-state index in [1.54, 1.807) is 69.3 Å². The van der Waals surface area contributed by atoms with Crippen molar-refractivity contribution in [2.45, 2.75) is 18.6 Å². The number of ether oxygens (including phenoxy) is 4. The average molecular weight is 517 g/mol. The lowest BCUT2D eigenvalue weighted by atomic mass is 10.1. The average Bonchev–Trinajstić information content (AvgIpc) is 3.30. The van der Waals surface area contributed by atoms with Crippen LogP contribution in [0.4, 0.5) is 5.82 Å². The molecule has 12 heteroatoms. The van der Waals surface area contributed by atoms with Crippen LogP contribution in [0.2, 0.25) is 0 Å². The van der Waals surface area contributed by atoms with E-state index in [2.05, 4.69) is 32.6 Å². The van der Waals surface area contributed by atoms with E-state index in [0.29, 0.717) is 54.3 Å².